The van der Waals surface area contributed by atoms with E-state index in [0.717, 1.165) is 30.8 Å². The van der Waals surface area contributed by atoms with Crippen molar-refractivity contribution in [2.45, 2.75) is 26.7 Å². The number of unbranched alkanes of at least 4 members (excludes halogenated alkanes) is 1. The van der Waals surface area contributed by atoms with E-state index in [-0.39, 0.29) is 18.5 Å². The van der Waals surface area contributed by atoms with E-state index >= 15 is 0 Å². The molecule has 0 aliphatic carbocycles. The van der Waals surface area contributed by atoms with Crippen molar-refractivity contribution in [2.24, 2.45) is 0 Å². The van der Waals surface area contributed by atoms with Gasteiger partial charge >= 0.3 is 5.97 Å². The van der Waals surface area contributed by atoms with Gasteiger partial charge in [-0.1, -0.05) is 13.3 Å². The second-order valence-corrected chi connectivity index (χ2v) is 12.8. The first-order chi connectivity index (χ1) is 29.6. The number of esters is 1. The molecule has 342 valence electrons. The average molecular weight is 855 g/mol. The SMILES string of the molecule is CCCCNc1ccc(C(=O)OCCOCCOCCOCCOCCOCCOCCOCCOCCOCCOCCOCCOc2ccc(NC(C)=O)cc2)cc1. The molecule has 0 aliphatic heterocycles. The quantitative estimate of drug-likeness (QED) is 0.0713. The zero-order valence-corrected chi connectivity index (χ0v) is 35.8. The number of anilines is 2. The van der Waals surface area contributed by atoms with Crippen molar-refractivity contribution >= 4 is 23.3 Å². The highest BCUT2D eigenvalue weighted by Crippen LogP contribution is 2.15. The third-order valence-corrected chi connectivity index (χ3v) is 7.83. The molecule has 1 amide bonds. The van der Waals surface area contributed by atoms with Gasteiger partial charge in [0.2, 0.25) is 5.91 Å². The van der Waals surface area contributed by atoms with E-state index in [1.54, 1.807) is 36.4 Å². The van der Waals surface area contributed by atoms with Gasteiger partial charge in [-0.3, -0.25) is 4.79 Å². The molecule has 2 aromatic rings. The number of hydrogen-bond acceptors (Lipinski definition) is 16. The molecule has 17 nitrogen and oxygen atoms in total. The molecule has 0 atom stereocenters. The summed E-state index contributed by atoms with van der Waals surface area (Å²) in [4.78, 5) is 23.2. The number of benzene rings is 2. The summed E-state index contributed by atoms with van der Waals surface area (Å²) < 4.78 is 71.3. The largest absolute Gasteiger partial charge is 0.491 e. The van der Waals surface area contributed by atoms with Gasteiger partial charge < -0.3 is 72.2 Å². The Bertz CT molecular complexity index is 1270. The smallest absolute Gasteiger partial charge is 0.338 e. The van der Waals surface area contributed by atoms with Gasteiger partial charge in [-0.05, 0) is 55.0 Å². The molecule has 2 rings (SSSR count). The molecule has 2 aromatic carbocycles. The molecule has 60 heavy (non-hydrogen) atoms. The van der Waals surface area contributed by atoms with Gasteiger partial charge in [0.25, 0.3) is 0 Å². The Balaban J connectivity index is 1.17. The second kappa shape index (κ2) is 39.7. The summed E-state index contributed by atoms with van der Waals surface area (Å²) in [6, 6.07) is 14.4. The lowest BCUT2D eigenvalue weighted by Gasteiger charge is -2.09. The zero-order valence-electron chi connectivity index (χ0n) is 35.8. The molecule has 0 saturated carbocycles. The Labute approximate surface area is 356 Å². The van der Waals surface area contributed by atoms with Gasteiger partial charge in [0.1, 0.15) is 19.0 Å². The minimum Gasteiger partial charge on any atom is -0.491 e. The number of ether oxygens (including phenoxy) is 13. The number of rotatable bonds is 43. The molecular formula is C43H70N2O15. The van der Waals surface area contributed by atoms with Crippen LogP contribution in [0.4, 0.5) is 11.4 Å². The first-order valence-corrected chi connectivity index (χ1v) is 20.9. The summed E-state index contributed by atoms with van der Waals surface area (Å²) in [6.45, 7) is 15.3. The van der Waals surface area contributed by atoms with Crippen molar-refractivity contribution in [1.82, 2.24) is 0 Å². The van der Waals surface area contributed by atoms with Crippen LogP contribution in [-0.4, -0.2) is 177 Å². The van der Waals surface area contributed by atoms with Crippen LogP contribution in [0.15, 0.2) is 48.5 Å². The monoisotopic (exact) mass is 854 g/mol. The predicted molar refractivity (Wildman–Crippen MR) is 225 cm³/mol. The van der Waals surface area contributed by atoms with Crippen LogP contribution in [0, 0.1) is 0 Å². The summed E-state index contributed by atoms with van der Waals surface area (Å²) in [5.74, 6) is 0.234. The highest BCUT2D eigenvalue weighted by Gasteiger charge is 2.07. The molecule has 0 fully saturated rings. The minimum absolute atomic E-state index is 0.112. The van der Waals surface area contributed by atoms with Crippen LogP contribution in [0.2, 0.25) is 0 Å². The normalized spacial score (nSPS) is 11.2. The molecule has 17 heteroatoms. The molecule has 0 heterocycles. The van der Waals surface area contributed by atoms with E-state index in [0.29, 0.717) is 163 Å². The maximum Gasteiger partial charge on any atom is 0.338 e. The average Bonchev–Trinajstić information content (AvgIpc) is 3.25. The minimum atomic E-state index is -0.366. The fourth-order valence-corrected chi connectivity index (χ4v) is 4.77. The lowest BCUT2D eigenvalue weighted by atomic mass is 10.2. The fraction of sp³-hybridized carbons (Fsp3) is 0.674. The highest BCUT2D eigenvalue weighted by molar-refractivity contribution is 5.90. The summed E-state index contributed by atoms with van der Waals surface area (Å²) in [7, 11) is 0. The third-order valence-electron chi connectivity index (χ3n) is 7.83. The predicted octanol–water partition coefficient (Wildman–Crippen LogP) is 4.28. The third kappa shape index (κ3) is 32.3. The van der Waals surface area contributed by atoms with Gasteiger partial charge in [-0.25, -0.2) is 4.79 Å². The van der Waals surface area contributed by atoms with Crippen LogP contribution in [0.5, 0.6) is 5.75 Å². The van der Waals surface area contributed by atoms with Gasteiger partial charge in [-0.2, -0.15) is 0 Å². The lowest BCUT2D eigenvalue weighted by molar-refractivity contribution is -0.114. The Morgan fingerprint density at radius 1 is 0.433 bits per heavy atom. The fourth-order valence-electron chi connectivity index (χ4n) is 4.77. The van der Waals surface area contributed by atoms with Crippen molar-refractivity contribution in [1.29, 1.82) is 0 Å². The molecular weight excluding hydrogens is 784 g/mol. The number of carbonyl (C=O) groups is 2. The second-order valence-electron chi connectivity index (χ2n) is 12.8. The van der Waals surface area contributed by atoms with Crippen molar-refractivity contribution < 1.29 is 71.2 Å². The standard InChI is InChI=1S/C43H70N2O15/c1-3-4-13-44-40-7-5-39(6-8-40)43(47)60-37-35-58-33-31-56-29-27-54-25-23-52-21-19-50-17-15-48-14-16-49-18-20-51-22-24-53-26-28-55-30-32-57-34-36-59-42-11-9-41(10-12-42)45-38(2)46/h5-12,44H,3-4,13-37H2,1-2H3,(H,45,46). The summed E-state index contributed by atoms with van der Waals surface area (Å²) in [6.07, 6.45) is 2.23. The van der Waals surface area contributed by atoms with Crippen LogP contribution in [0.3, 0.4) is 0 Å². The van der Waals surface area contributed by atoms with Crippen LogP contribution < -0.4 is 15.4 Å². The Hall–Kier alpha value is -3.46. The topological polar surface area (TPSA) is 178 Å². The maximum atomic E-state index is 12.2. The van der Waals surface area contributed by atoms with Gasteiger partial charge in [-0.15, -0.1) is 0 Å². The van der Waals surface area contributed by atoms with E-state index in [9.17, 15) is 9.59 Å². The number of carbonyl (C=O) groups excluding carboxylic acids is 2. The molecule has 0 bridgehead atoms. The molecule has 0 aliphatic rings. The molecule has 0 spiro atoms. The first kappa shape index (κ1) is 52.7. The summed E-state index contributed by atoms with van der Waals surface area (Å²) >= 11 is 0. The van der Waals surface area contributed by atoms with Gasteiger partial charge in [0.15, 0.2) is 0 Å². The Kier molecular flexibility index (Phi) is 34.8. The molecule has 0 aromatic heterocycles. The molecule has 0 unspecified atom stereocenters. The van der Waals surface area contributed by atoms with Crippen molar-refractivity contribution in [3.8, 4) is 5.75 Å². The zero-order chi connectivity index (χ0) is 42.8. The Morgan fingerprint density at radius 2 is 0.767 bits per heavy atom. The Morgan fingerprint density at radius 3 is 1.12 bits per heavy atom. The van der Waals surface area contributed by atoms with E-state index in [2.05, 4.69) is 17.6 Å². The van der Waals surface area contributed by atoms with E-state index in [1.807, 2.05) is 12.1 Å². The van der Waals surface area contributed by atoms with Crippen LogP contribution in [0.1, 0.15) is 37.0 Å². The number of nitrogens with one attached hydrogen (secondary N) is 2. The highest BCUT2D eigenvalue weighted by atomic mass is 16.6. The first-order valence-electron chi connectivity index (χ1n) is 20.9. The lowest BCUT2D eigenvalue weighted by Crippen LogP contribution is -2.16. The van der Waals surface area contributed by atoms with Gasteiger partial charge in [0.05, 0.1) is 151 Å². The molecule has 0 saturated heterocycles. The van der Waals surface area contributed by atoms with Crippen molar-refractivity contribution in [2.75, 3.05) is 176 Å². The van der Waals surface area contributed by atoms with E-state index < -0.39 is 0 Å². The van der Waals surface area contributed by atoms with Crippen LogP contribution in [0.25, 0.3) is 0 Å². The van der Waals surface area contributed by atoms with E-state index in [4.69, 9.17) is 61.6 Å². The summed E-state index contributed by atoms with van der Waals surface area (Å²) in [5.41, 5.74) is 2.23. The maximum absolute atomic E-state index is 12.2. The molecule has 2 N–H and O–H groups in total. The molecule has 0 radical (unpaired) electrons. The van der Waals surface area contributed by atoms with Crippen molar-refractivity contribution in [3.63, 3.8) is 0 Å². The van der Waals surface area contributed by atoms with Crippen LogP contribution >= 0.6 is 0 Å². The van der Waals surface area contributed by atoms with Crippen LogP contribution in [-0.2, 0) is 61.6 Å². The number of amides is 1. The number of hydrogen-bond donors (Lipinski definition) is 2. The van der Waals surface area contributed by atoms with Crippen molar-refractivity contribution in [3.05, 3.63) is 54.1 Å². The van der Waals surface area contributed by atoms with E-state index in [1.165, 1.54) is 6.92 Å². The van der Waals surface area contributed by atoms with Gasteiger partial charge in [0, 0.05) is 24.8 Å². The summed E-state index contributed by atoms with van der Waals surface area (Å²) in [5, 5.41) is 6.03.